The number of allylic oxidation sites excluding steroid dienone is 2. The van der Waals surface area contributed by atoms with E-state index in [2.05, 4.69) is 34.3 Å². The molecule has 30 heavy (non-hydrogen) atoms. The lowest BCUT2D eigenvalue weighted by atomic mass is 10.0. The molecule has 3 unspecified atom stereocenters. The molecule has 3 aliphatic heterocycles. The average Bonchev–Trinajstić information content (AvgIpc) is 3.36. The molecule has 1 amide bonds. The molecule has 0 spiro atoms. The molecule has 0 radical (unpaired) electrons. The first-order valence-electron chi connectivity index (χ1n) is 10.7. The third-order valence-corrected chi connectivity index (χ3v) is 6.17. The topological polar surface area (TPSA) is 70.1 Å². The Balaban J connectivity index is 1.23. The minimum atomic E-state index is -0.0246. The Bertz CT molecular complexity index is 937. The van der Waals surface area contributed by atoms with Crippen LogP contribution >= 0.6 is 0 Å². The molecule has 1 N–H and O–H groups in total. The smallest absolute Gasteiger partial charge is 0.276 e. The van der Waals surface area contributed by atoms with Gasteiger partial charge in [0.2, 0.25) is 0 Å². The summed E-state index contributed by atoms with van der Waals surface area (Å²) in [7, 11) is 0. The van der Waals surface area contributed by atoms with Gasteiger partial charge in [-0.1, -0.05) is 25.2 Å². The number of rotatable bonds is 5. The highest BCUT2D eigenvalue weighted by Crippen LogP contribution is 2.35. The second-order valence-electron chi connectivity index (χ2n) is 8.26. The van der Waals surface area contributed by atoms with Crippen molar-refractivity contribution in [1.82, 2.24) is 20.1 Å². The average molecular weight is 406 g/mol. The second kappa shape index (κ2) is 7.97. The molecule has 0 saturated carbocycles. The number of hydrogen-bond donors (Lipinski definition) is 1. The van der Waals surface area contributed by atoms with Crippen molar-refractivity contribution in [1.29, 1.82) is 0 Å². The van der Waals surface area contributed by atoms with Gasteiger partial charge in [0.05, 0.1) is 18.4 Å². The van der Waals surface area contributed by atoms with Gasteiger partial charge < -0.3 is 19.9 Å². The Kier molecular flexibility index (Phi) is 5.02. The molecule has 1 aromatic rings. The van der Waals surface area contributed by atoms with Crippen LogP contribution < -0.4 is 10.1 Å². The number of hydrogen-bond acceptors (Lipinski definition) is 6. The molecule has 1 aliphatic carbocycles. The normalized spacial score (nSPS) is 26.6. The molecule has 3 atom stereocenters. The summed E-state index contributed by atoms with van der Waals surface area (Å²) in [5, 5.41) is 3.43. The largest absolute Gasteiger partial charge is 0.491 e. The number of amides is 1. The highest BCUT2D eigenvalue weighted by molar-refractivity contribution is 6.03. The van der Waals surface area contributed by atoms with Gasteiger partial charge in [-0.25, -0.2) is 9.98 Å². The zero-order valence-corrected chi connectivity index (χ0v) is 17.2. The molecule has 5 rings (SSSR count). The van der Waals surface area contributed by atoms with Gasteiger partial charge in [-0.15, -0.1) is 0 Å². The lowest BCUT2D eigenvalue weighted by Crippen LogP contribution is -2.38. The quantitative estimate of drug-likeness (QED) is 0.813. The third kappa shape index (κ3) is 3.49. The lowest BCUT2D eigenvalue weighted by Gasteiger charge is -2.28. The summed E-state index contributed by atoms with van der Waals surface area (Å²) in [4.78, 5) is 26.6. The number of ether oxygens (including phenoxy) is 1. The Morgan fingerprint density at radius 3 is 2.87 bits per heavy atom. The van der Waals surface area contributed by atoms with Crippen LogP contribution in [0.4, 0.5) is 0 Å². The van der Waals surface area contributed by atoms with Crippen LogP contribution in [0.25, 0.3) is 0 Å². The maximum absolute atomic E-state index is 13.1. The first kappa shape index (κ1) is 18.9. The Morgan fingerprint density at radius 2 is 2.07 bits per heavy atom. The number of nitrogens with one attached hydrogen (secondary N) is 1. The molecule has 2 fully saturated rings. The van der Waals surface area contributed by atoms with Crippen molar-refractivity contribution in [2.45, 2.75) is 19.4 Å². The second-order valence-corrected chi connectivity index (χ2v) is 8.26. The van der Waals surface area contributed by atoms with Gasteiger partial charge >= 0.3 is 0 Å². The Labute approximate surface area is 176 Å². The predicted molar refractivity (Wildman–Crippen MR) is 115 cm³/mol. The Morgan fingerprint density at radius 1 is 1.23 bits per heavy atom. The van der Waals surface area contributed by atoms with Gasteiger partial charge in [0.25, 0.3) is 5.91 Å². The van der Waals surface area contributed by atoms with E-state index in [0.717, 1.165) is 44.1 Å². The standard InChI is InChI=1S/C23H27N5O2/c1-2-10-30-20-8-5-9-24-22(20)23(29)28-14-16-12-27(13-17(16)15-28)21-11-25-18-6-3-4-7-19(18)26-21/h3-9,11,16-18,25H,2,10,12-15H2,1H3. The van der Waals surface area contributed by atoms with Gasteiger partial charge in [-0.3, -0.25) is 4.79 Å². The van der Waals surface area contributed by atoms with Crippen LogP contribution in [0.15, 0.2) is 59.6 Å². The van der Waals surface area contributed by atoms with Gasteiger partial charge in [0.15, 0.2) is 11.4 Å². The van der Waals surface area contributed by atoms with Crippen molar-refractivity contribution in [2.24, 2.45) is 16.8 Å². The van der Waals surface area contributed by atoms with Crippen molar-refractivity contribution in [3.63, 3.8) is 0 Å². The molecular weight excluding hydrogens is 378 g/mol. The zero-order valence-electron chi connectivity index (χ0n) is 17.2. The molecule has 156 valence electrons. The van der Waals surface area contributed by atoms with E-state index >= 15 is 0 Å². The van der Waals surface area contributed by atoms with Crippen LogP contribution in [0.5, 0.6) is 5.75 Å². The highest BCUT2D eigenvalue weighted by Gasteiger charge is 2.43. The lowest BCUT2D eigenvalue weighted by molar-refractivity contribution is 0.0765. The number of carbonyl (C=O) groups excluding carboxylic acids is 1. The number of likely N-dealkylation sites (tertiary alicyclic amines) is 2. The van der Waals surface area contributed by atoms with E-state index in [1.807, 2.05) is 35.4 Å². The van der Waals surface area contributed by atoms with Gasteiger partial charge in [0, 0.05) is 50.4 Å². The van der Waals surface area contributed by atoms with E-state index in [4.69, 9.17) is 9.73 Å². The SMILES string of the molecule is CCCOc1cccnc1C(=O)N1CC2CN(C3=CNC4C=CC=CC4=N3)CC2C1. The molecular formula is C23H27N5O2. The van der Waals surface area contributed by atoms with Gasteiger partial charge in [-0.2, -0.15) is 0 Å². The number of aromatic nitrogens is 1. The molecule has 7 heteroatoms. The number of carbonyl (C=O) groups is 1. The molecule has 7 nitrogen and oxygen atoms in total. The maximum atomic E-state index is 13.1. The summed E-state index contributed by atoms with van der Waals surface area (Å²) in [6.45, 7) is 5.99. The molecule has 0 bridgehead atoms. The fraction of sp³-hybridized carbons (Fsp3) is 0.435. The summed E-state index contributed by atoms with van der Waals surface area (Å²) >= 11 is 0. The van der Waals surface area contributed by atoms with Gasteiger partial charge in [-0.05, 0) is 24.6 Å². The van der Waals surface area contributed by atoms with Crippen molar-refractivity contribution >= 4 is 11.6 Å². The molecule has 0 aromatic carbocycles. The minimum Gasteiger partial charge on any atom is -0.491 e. The zero-order chi connectivity index (χ0) is 20.5. The highest BCUT2D eigenvalue weighted by atomic mass is 16.5. The van der Waals surface area contributed by atoms with Crippen LogP contribution in [0.2, 0.25) is 0 Å². The van der Waals surface area contributed by atoms with Crippen LogP contribution in [-0.4, -0.2) is 65.2 Å². The molecule has 2 saturated heterocycles. The van der Waals surface area contributed by atoms with Crippen LogP contribution in [-0.2, 0) is 0 Å². The minimum absolute atomic E-state index is 0.0246. The predicted octanol–water partition coefficient (Wildman–Crippen LogP) is 2.21. The summed E-state index contributed by atoms with van der Waals surface area (Å²) in [5.41, 5.74) is 1.48. The van der Waals surface area contributed by atoms with E-state index in [0.29, 0.717) is 29.9 Å². The summed E-state index contributed by atoms with van der Waals surface area (Å²) < 4.78 is 5.74. The fourth-order valence-corrected chi connectivity index (χ4v) is 4.65. The maximum Gasteiger partial charge on any atom is 0.276 e. The first-order chi connectivity index (χ1) is 14.7. The van der Waals surface area contributed by atoms with Crippen molar-refractivity contribution in [2.75, 3.05) is 32.8 Å². The van der Waals surface area contributed by atoms with Crippen LogP contribution in [0, 0.1) is 11.8 Å². The Hall–Kier alpha value is -3.09. The molecule has 4 heterocycles. The van der Waals surface area contributed by atoms with Crippen molar-refractivity contribution in [3.05, 3.63) is 60.3 Å². The van der Waals surface area contributed by atoms with Gasteiger partial charge in [0.1, 0.15) is 5.82 Å². The van der Waals surface area contributed by atoms with E-state index < -0.39 is 0 Å². The third-order valence-electron chi connectivity index (χ3n) is 6.17. The number of nitrogens with zero attached hydrogens (tertiary/aromatic N) is 4. The van der Waals surface area contributed by atoms with E-state index in [1.165, 1.54) is 0 Å². The number of aliphatic imine (C=N–C) groups is 1. The van der Waals surface area contributed by atoms with E-state index in [9.17, 15) is 4.79 Å². The van der Waals surface area contributed by atoms with E-state index in [-0.39, 0.29) is 11.9 Å². The monoisotopic (exact) mass is 405 g/mol. The molecule has 1 aromatic heterocycles. The summed E-state index contributed by atoms with van der Waals surface area (Å²) in [6, 6.07) is 3.82. The summed E-state index contributed by atoms with van der Waals surface area (Å²) in [5.74, 6) is 2.47. The van der Waals surface area contributed by atoms with Crippen molar-refractivity contribution < 1.29 is 9.53 Å². The fourth-order valence-electron chi connectivity index (χ4n) is 4.65. The van der Waals surface area contributed by atoms with Crippen molar-refractivity contribution in [3.8, 4) is 5.75 Å². The summed E-state index contributed by atoms with van der Waals surface area (Å²) in [6.07, 6.45) is 12.8. The molecule has 4 aliphatic rings. The first-order valence-corrected chi connectivity index (χ1v) is 10.7. The van der Waals surface area contributed by atoms with E-state index in [1.54, 1.807) is 6.20 Å². The van der Waals surface area contributed by atoms with Crippen LogP contribution in [0.3, 0.4) is 0 Å². The van der Waals surface area contributed by atoms with Crippen LogP contribution in [0.1, 0.15) is 23.8 Å². The number of fused-ring (bicyclic) bond motifs is 2. The number of pyridine rings is 1.